The van der Waals surface area contributed by atoms with Crippen molar-refractivity contribution in [3.63, 3.8) is 0 Å². The third kappa shape index (κ3) is 2.96. The van der Waals surface area contributed by atoms with Crippen molar-refractivity contribution < 1.29 is 4.79 Å². The van der Waals surface area contributed by atoms with E-state index in [0.717, 1.165) is 55.6 Å². The summed E-state index contributed by atoms with van der Waals surface area (Å²) in [5.41, 5.74) is 0. The maximum Gasteiger partial charge on any atom is 0.227 e. The van der Waals surface area contributed by atoms with Gasteiger partial charge in [-0.15, -0.1) is 0 Å². The van der Waals surface area contributed by atoms with E-state index in [4.69, 9.17) is 11.6 Å². The number of carbonyl (C=O) groups is 1. The predicted octanol–water partition coefficient (Wildman–Crippen LogP) is 2.45. The molecule has 2 bridgehead atoms. The monoisotopic (exact) mass is 354 g/mol. The number of fused-ring (bicyclic) bond motifs is 4. The zero-order valence-corrected chi connectivity index (χ0v) is 15.1. The maximum atomic E-state index is 12.3. The summed E-state index contributed by atoms with van der Waals surface area (Å²) >= 11 is 8.12. The standard InChI is InChI=1S/C16H23ClN4OS/c1-19-12-5-4-11(15(19)22)8-20(9-12)10-13-14(17)18-16(23-13)21-6-2-3-7-21/h11-12H,2-10H2,1H3/t11-,12+/m1/s1. The van der Waals surface area contributed by atoms with Gasteiger partial charge in [0.1, 0.15) is 5.15 Å². The van der Waals surface area contributed by atoms with Crippen LogP contribution in [0, 0.1) is 5.92 Å². The highest BCUT2D eigenvalue weighted by Crippen LogP contribution is 2.34. The van der Waals surface area contributed by atoms with E-state index in [0.29, 0.717) is 17.1 Å². The van der Waals surface area contributed by atoms with Crippen LogP contribution in [0.3, 0.4) is 0 Å². The smallest absolute Gasteiger partial charge is 0.227 e. The van der Waals surface area contributed by atoms with E-state index in [-0.39, 0.29) is 5.92 Å². The van der Waals surface area contributed by atoms with Crippen molar-refractivity contribution in [2.24, 2.45) is 5.92 Å². The highest BCUT2D eigenvalue weighted by atomic mass is 35.5. The Bertz CT molecular complexity index is 601. The molecule has 5 heterocycles. The number of hydrogen-bond acceptors (Lipinski definition) is 5. The molecule has 4 saturated heterocycles. The number of hydrogen-bond donors (Lipinski definition) is 0. The molecule has 1 amide bonds. The number of anilines is 1. The van der Waals surface area contributed by atoms with Crippen LogP contribution >= 0.6 is 22.9 Å². The van der Waals surface area contributed by atoms with Crippen LogP contribution in [-0.2, 0) is 11.3 Å². The van der Waals surface area contributed by atoms with Gasteiger partial charge in [-0.05, 0) is 25.7 Å². The average Bonchev–Trinajstić information content (AvgIpc) is 3.10. The SMILES string of the molecule is CN1C(=O)[C@@H]2CC[C@H]1CN(Cc1sc(N3CCCC3)nc1Cl)C2. The van der Waals surface area contributed by atoms with Crippen LogP contribution in [0.5, 0.6) is 0 Å². The third-order valence-corrected chi connectivity index (χ3v) is 6.95. The van der Waals surface area contributed by atoms with E-state index in [1.807, 2.05) is 11.9 Å². The molecule has 2 atom stereocenters. The highest BCUT2D eigenvalue weighted by molar-refractivity contribution is 7.16. The van der Waals surface area contributed by atoms with Gasteiger partial charge in [0, 0.05) is 45.8 Å². The van der Waals surface area contributed by atoms with Crippen molar-refractivity contribution in [1.82, 2.24) is 14.8 Å². The number of thiazole rings is 1. The van der Waals surface area contributed by atoms with Gasteiger partial charge in [0.2, 0.25) is 5.91 Å². The number of piperidine rings is 1. The molecule has 4 aliphatic rings. The first-order valence-corrected chi connectivity index (χ1v) is 9.70. The van der Waals surface area contributed by atoms with E-state index in [1.54, 1.807) is 11.3 Å². The van der Waals surface area contributed by atoms with Gasteiger partial charge < -0.3 is 9.80 Å². The van der Waals surface area contributed by atoms with Gasteiger partial charge in [-0.2, -0.15) is 0 Å². The summed E-state index contributed by atoms with van der Waals surface area (Å²) in [7, 11) is 1.95. The second-order valence-electron chi connectivity index (χ2n) is 6.98. The summed E-state index contributed by atoms with van der Waals surface area (Å²) in [6, 6.07) is 0.353. The minimum absolute atomic E-state index is 0.156. The molecule has 4 fully saturated rings. The van der Waals surface area contributed by atoms with Crippen LogP contribution in [0.1, 0.15) is 30.6 Å². The topological polar surface area (TPSA) is 39.7 Å². The Morgan fingerprint density at radius 2 is 2.04 bits per heavy atom. The lowest BCUT2D eigenvalue weighted by molar-refractivity contribution is -0.138. The first-order valence-electron chi connectivity index (χ1n) is 8.51. The fourth-order valence-corrected chi connectivity index (χ4v) is 5.39. The molecule has 0 saturated carbocycles. The Morgan fingerprint density at radius 1 is 1.26 bits per heavy atom. The van der Waals surface area contributed by atoms with Gasteiger partial charge in [-0.25, -0.2) is 4.98 Å². The van der Waals surface area contributed by atoms with E-state index in [2.05, 4.69) is 14.8 Å². The van der Waals surface area contributed by atoms with Crippen LogP contribution in [0.4, 0.5) is 5.13 Å². The van der Waals surface area contributed by atoms with Gasteiger partial charge in [0.05, 0.1) is 10.8 Å². The van der Waals surface area contributed by atoms with Crippen molar-refractivity contribution >= 4 is 34.0 Å². The molecule has 1 aromatic heterocycles. The second kappa shape index (κ2) is 6.22. The lowest BCUT2D eigenvalue weighted by atomic mass is 9.95. The quantitative estimate of drug-likeness (QED) is 0.836. The molecule has 0 aromatic carbocycles. The largest absolute Gasteiger partial charge is 0.348 e. The molecular formula is C16H23ClN4OS. The molecule has 0 radical (unpaired) electrons. The fraction of sp³-hybridized carbons (Fsp3) is 0.750. The fourth-order valence-electron chi connectivity index (χ4n) is 4.04. The number of carbonyl (C=O) groups excluding carboxylic acids is 1. The van der Waals surface area contributed by atoms with Crippen LogP contribution in [0.2, 0.25) is 5.15 Å². The molecule has 23 heavy (non-hydrogen) atoms. The summed E-state index contributed by atoms with van der Waals surface area (Å²) in [4.78, 5) is 24.7. The van der Waals surface area contributed by atoms with E-state index in [1.165, 1.54) is 12.8 Å². The van der Waals surface area contributed by atoms with E-state index >= 15 is 0 Å². The van der Waals surface area contributed by atoms with Crippen LogP contribution in [0.25, 0.3) is 0 Å². The normalized spacial score (nSPS) is 28.7. The summed E-state index contributed by atoms with van der Waals surface area (Å²) in [6.07, 6.45) is 4.64. The Kier molecular flexibility index (Phi) is 4.24. The first kappa shape index (κ1) is 15.7. The molecule has 5 nitrogen and oxygen atoms in total. The predicted molar refractivity (Wildman–Crippen MR) is 93.1 cm³/mol. The van der Waals surface area contributed by atoms with Gasteiger partial charge in [0.25, 0.3) is 0 Å². The van der Waals surface area contributed by atoms with Crippen LogP contribution in [-0.4, -0.2) is 60.0 Å². The Labute approximate surface area is 146 Å². The summed E-state index contributed by atoms with van der Waals surface area (Å²) in [5.74, 6) is 0.473. The number of halogens is 1. The van der Waals surface area contributed by atoms with Crippen LogP contribution in [0.15, 0.2) is 0 Å². The van der Waals surface area contributed by atoms with Crippen molar-refractivity contribution in [3.8, 4) is 0 Å². The number of nitrogens with zero attached hydrogens (tertiary/aromatic N) is 4. The highest BCUT2D eigenvalue weighted by Gasteiger charge is 2.38. The Hall–Kier alpha value is -0.850. The molecule has 0 spiro atoms. The summed E-state index contributed by atoms with van der Waals surface area (Å²) in [5, 5.41) is 1.71. The molecule has 0 aliphatic carbocycles. The molecule has 1 aromatic rings. The first-order chi connectivity index (χ1) is 11.1. The molecule has 5 rings (SSSR count). The summed E-state index contributed by atoms with van der Waals surface area (Å²) in [6.45, 7) is 4.81. The van der Waals surface area contributed by atoms with E-state index < -0.39 is 0 Å². The number of amides is 1. The molecular weight excluding hydrogens is 332 g/mol. The van der Waals surface area contributed by atoms with Gasteiger partial charge in [-0.1, -0.05) is 22.9 Å². The van der Waals surface area contributed by atoms with E-state index in [9.17, 15) is 4.79 Å². The number of rotatable bonds is 3. The second-order valence-corrected chi connectivity index (χ2v) is 8.40. The molecule has 4 aliphatic heterocycles. The Balaban J connectivity index is 1.49. The van der Waals surface area contributed by atoms with Crippen molar-refractivity contribution in [3.05, 3.63) is 10.0 Å². The molecule has 126 valence electrons. The maximum absolute atomic E-state index is 12.3. The minimum atomic E-state index is 0.156. The Morgan fingerprint density at radius 3 is 2.83 bits per heavy atom. The number of likely N-dealkylation sites (N-methyl/N-ethyl adjacent to an activating group) is 1. The molecule has 0 unspecified atom stereocenters. The van der Waals surface area contributed by atoms with Gasteiger partial charge in [-0.3, -0.25) is 9.69 Å². The minimum Gasteiger partial charge on any atom is -0.348 e. The zero-order chi connectivity index (χ0) is 16.0. The molecule has 7 heteroatoms. The van der Waals surface area contributed by atoms with Gasteiger partial charge in [0.15, 0.2) is 5.13 Å². The van der Waals surface area contributed by atoms with Crippen molar-refractivity contribution in [1.29, 1.82) is 0 Å². The lowest BCUT2D eigenvalue weighted by Crippen LogP contribution is -2.45. The van der Waals surface area contributed by atoms with Crippen LogP contribution < -0.4 is 4.90 Å². The molecule has 0 N–H and O–H groups in total. The zero-order valence-electron chi connectivity index (χ0n) is 13.5. The number of aromatic nitrogens is 1. The van der Waals surface area contributed by atoms with Gasteiger partial charge >= 0.3 is 0 Å². The third-order valence-electron chi connectivity index (χ3n) is 5.42. The lowest BCUT2D eigenvalue weighted by Gasteiger charge is -2.32. The average molecular weight is 355 g/mol. The van der Waals surface area contributed by atoms with Crippen molar-refractivity contribution in [2.75, 3.05) is 38.1 Å². The van der Waals surface area contributed by atoms with Crippen molar-refractivity contribution in [2.45, 2.75) is 38.3 Å². The summed E-state index contributed by atoms with van der Waals surface area (Å²) < 4.78 is 0.